The van der Waals surface area contributed by atoms with Crippen LogP contribution in [0, 0.1) is 0 Å². The fourth-order valence-corrected chi connectivity index (χ4v) is 1.42. The van der Waals surface area contributed by atoms with Gasteiger partial charge in [-0.1, -0.05) is 6.08 Å². The minimum Gasteiger partial charge on any atom is -0.464 e. The molecule has 3 heteroatoms. The highest BCUT2D eigenvalue weighted by atomic mass is 16.8. The van der Waals surface area contributed by atoms with E-state index in [1.165, 1.54) is 0 Å². The van der Waals surface area contributed by atoms with Crippen LogP contribution in [0.3, 0.4) is 0 Å². The maximum absolute atomic E-state index is 5.39. The molecule has 0 amide bonds. The van der Waals surface area contributed by atoms with E-state index in [2.05, 4.69) is 0 Å². The van der Waals surface area contributed by atoms with Crippen LogP contribution < -0.4 is 0 Å². The third-order valence-corrected chi connectivity index (χ3v) is 1.92. The molecule has 0 N–H and O–H groups in total. The highest BCUT2D eigenvalue weighted by molar-refractivity contribution is 5.50. The summed E-state index contributed by atoms with van der Waals surface area (Å²) in [6.45, 7) is 0.310. The Balaban J connectivity index is 2.15. The molecule has 0 spiro atoms. The highest BCUT2D eigenvalue weighted by Gasteiger charge is 2.37. The second-order valence-electron chi connectivity index (χ2n) is 2.55. The molecule has 1 fully saturated rings. The monoisotopic (exact) mass is 150 g/mol. The van der Waals surface area contributed by atoms with Gasteiger partial charge in [-0.05, 0) is 12.2 Å². The van der Waals surface area contributed by atoms with Crippen LogP contribution in [-0.4, -0.2) is 13.1 Å². The molecule has 3 aliphatic rings. The summed E-state index contributed by atoms with van der Waals surface area (Å²) in [7, 11) is 0. The van der Waals surface area contributed by atoms with Crippen molar-refractivity contribution in [3.05, 3.63) is 35.3 Å². The van der Waals surface area contributed by atoms with Crippen molar-refractivity contribution in [2.75, 3.05) is 6.79 Å². The summed E-state index contributed by atoms with van der Waals surface area (Å²) in [5.41, 5.74) is 1.03. The number of hydrogen-bond acceptors (Lipinski definition) is 3. The fraction of sp³-hybridized carbons (Fsp3) is 0.250. The summed E-state index contributed by atoms with van der Waals surface area (Å²) in [4.78, 5) is 0. The number of rotatable bonds is 0. The quantitative estimate of drug-likeness (QED) is 0.516. The molecule has 0 aromatic heterocycles. The first-order chi connectivity index (χ1) is 5.45. The molecule has 2 heterocycles. The molecule has 1 unspecified atom stereocenters. The van der Waals surface area contributed by atoms with Gasteiger partial charge in [-0.15, -0.1) is 0 Å². The van der Waals surface area contributed by atoms with Crippen LogP contribution in [0.1, 0.15) is 0 Å². The maximum atomic E-state index is 5.39. The van der Waals surface area contributed by atoms with E-state index in [9.17, 15) is 0 Å². The van der Waals surface area contributed by atoms with E-state index in [1.807, 2.05) is 18.2 Å². The number of fused-ring (bicyclic) bond motifs is 2. The molecular weight excluding hydrogens is 144 g/mol. The van der Waals surface area contributed by atoms with Crippen molar-refractivity contribution in [3.8, 4) is 0 Å². The lowest BCUT2D eigenvalue weighted by Gasteiger charge is -2.02. The van der Waals surface area contributed by atoms with Gasteiger partial charge < -0.3 is 9.47 Å². The molecule has 0 bridgehead atoms. The summed E-state index contributed by atoms with van der Waals surface area (Å²) >= 11 is 0. The predicted molar refractivity (Wildman–Crippen MR) is 36.2 cm³/mol. The number of ether oxygens (including phenoxy) is 3. The molecule has 1 aliphatic carbocycles. The van der Waals surface area contributed by atoms with E-state index < -0.39 is 0 Å². The minimum absolute atomic E-state index is 0.277. The van der Waals surface area contributed by atoms with Gasteiger partial charge in [0.15, 0.2) is 12.6 Å². The average molecular weight is 150 g/mol. The van der Waals surface area contributed by atoms with Crippen molar-refractivity contribution in [3.63, 3.8) is 0 Å². The topological polar surface area (TPSA) is 27.7 Å². The van der Waals surface area contributed by atoms with Crippen molar-refractivity contribution in [1.82, 2.24) is 0 Å². The SMILES string of the molecule is C1=CC2=C3OCOC3OC2=C1. The lowest BCUT2D eigenvalue weighted by atomic mass is 10.2. The Hall–Kier alpha value is -1.22. The molecule has 1 atom stereocenters. The van der Waals surface area contributed by atoms with E-state index >= 15 is 0 Å². The van der Waals surface area contributed by atoms with E-state index in [4.69, 9.17) is 14.2 Å². The second-order valence-corrected chi connectivity index (χ2v) is 2.55. The molecule has 3 nitrogen and oxygen atoms in total. The highest BCUT2D eigenvalue weighted by Crippen LogP contribution is 2.38. The van der Waals surface area contributed by atoms with Crippen LogP contribution in [0.4, 0.5) is 0 Å². The molecule has 1 saturated heterocycles. The normalized spacial score (nSPS) is 31.3. The zero-order valence-corrected chi connectivity index (χ0v) is 5.74. The summed E-state index contributed by atoms with van der Waals surface area (Å²) in [6.07, 6.45) is 5.55. The lowest BCUT2D eigenvalue weighted by molar-refractivity contribution is -0.0648. The zero-order valence-electron chi connectivity index (χ0n) is 5.74. The molecule has 0 saturated carbocycles. The molecule has 56 valence electrons. The van der Waals surface area contributed by atoms with Crippen molar-refractivity contribution in [2.45, 2.75) is 6.29 Å². The van der Waals surface area contributed by atoms with E-state index in [0.29, 0.717) is 6.79 Å². The van der Waals surface area contributed by atoms with E-state index in [-0.39, 0.29) is 6.29 Å². The van der Waals surface area contributed by atoms with Crippen LogP contribution >= 0.6 is 0 Å². The molecule has 3 rings (SSSR count). The van der Waals surface area contributed by atoms with Crippen LogP contribution in [0.15, 0.2) is 35.3 Å². The van der Waals surface area contributed by atoms with E-state index in [0.717, 1.165) is 17.1 Å². The Morgan fingerprint density at radius 2 is 2.45 bits per heavy atom. The zero-order chi connectivity index (χ0) is 7.26. The molecular formula is C8H6O3. The first kappa shape index (κ1) is 5.43. The molecule has 11 heavy (non-hydrogen) atoms. The summed E-state index contributed by atoms with van der Waals surface area (Å²) in [5.74, 6) is 1.69. The summed E-state index contributed by atoms with van der Waals surface area (Å²) < 4.78 is 15.8. The molecule has 2 aliphatic heterocycles. The second kappa shape index (κ2) is 1.68. The minimum atomic E-state index is -0.277. The van der Waals surface area contributed by atoms with Crippen LogP contribution in [-0.2, 0) is 14.2 Å². The Kier molecular flexibility index (Phi) is 0.830. The summed E-state index contributed by atoms with van der Waals surface area (Å²) in [6, 6.07) is 0. The van der Waals surface area contributed by atoms with Gasteiger partial charge in [-0.3, -0.25) is 4.74 Å². The lowest BCUT2D eigenvalue weighted by Crippen LogP contribution is -2.05. The molecule has 0 radical (unpaired) electrons. The smallest absolute Gasteiger partial charge is 0.262 e. The van der Waals surface area contributed by atoms with Gasteiger partial charge in [-0.25, -0.2) is 0 Å². The van der Waals surface area contributed by atoms with E-state index in [1.54, 1.807) is 0 Å². The molecule has 0 aromatic rings. The van der Waals surface area contributed by atoms with Gasteiger partial charge in [0.1, 0.15) is 5.76 Å². The third-order valence-electron chi connectivity index (χ3n) is 1.92. The first-order valence-corrected chi connectivity index (χ1v) is 3.49. The Morgan fingerprint density at radius 3 is 3.45 bits per heavy atom. The predicted octanol–water partition coefficient (Wildman–Crippen LogP) is 1.05. The number of hydrogen-bond donors (Lipinski definition) is 0. The van der Waals surface area contributed by atoms with Gasteiger partial charge in [0.2, 0.25) is 0 Å². The Morgan fingerprint density at radius 1 is 1.45 bits per heavy atom. The van der Waals surface area contributed by atoms with Crippen molar-refractivity contribution >= 4 is 0 Å². The Bertz CT molecular complexity index is 298. The van der Waals surface area contributed by atoms with Crippen LogP contribution in [0.2, 0.25) is 0 Å². The average Bonchev–Trinajstić information content (AvgIpc) is 2.52. The van der Waals surface area contributed by atoms with Gasteiger partial charge >= 0.3 is 0 Å². The van der Waals surface area contributed by atoms with Gasteiger partial charge in [-0.2, -0.15) is 0 Å². The van der Waals surface area contributed by atoms with Gasteiger partial charge in [0.25, 0.3) is 6.29 Å². The molecule has 0 aromatic carbocycles. The van der Waals surface area contributed by atoms with Gasteiger partial charge in [0, 0.05) is 0 Å². The van der Waals surface area contributed by atoms with Crippen molar-refractivity contribution in [2.24, 2.45) is 0 Å². The van der Waals surface area contributed by atoms with Crippen molar-refractivity contribution < 1.29 is 14.2 Å². The van der Waals surface area contributed by atoms with Gasteiger partial charge in [0.05, 0.1) is 5.57 Å². The van der Waals surface area contributed by atoms with Crippen LogP contribution in [0.5, 0.6) is 0 Å². The standard InChI is InChI=1S/C8H6O3/c1-2-5-6(3-1)11-8-7(5)9-4-10-8/h1-3,8H,4H2. The van der Waals surface area contributed by atoms with Crippen molar-refractivity contribution in [1.29, 1.82) is 0 Å². The summed E-state index contributed by atoms with van der Waals surface area (Å²) in [5, 5.41) is 0. The number of allylic oxidation sites excluding steroid dienone is 3. The Labute approximate surface area is 63.5 Å². The first-order valence-electron chi connectivity index (χ1n) is 3.49. The maximum Gasteiger partial charge on any atom is 0.262 e. The largest absolute Gasteiger partial charge is 0.464 e. The fourth-order valence-electron chi connectivity index (χ4n) is 1.42. The third kappa shape index (κ3) is 0.563. The van der Waals surface area contributed by atoms with Crippen LogP contribution in [0.25, 0.3) is 0 Å².